The maximum absolute atomic E-state index is 0. The summed E-state index contributed by atoms with van der Waals surface area (Å²) in [5.74, 6) is 0. The van der Waals surface area contributed by atoms with Crippen LogP contribution in [0.25, 0.3) is 0 Å². The minimum atomic E-state index is 0. The SMILES string of the molecule is O.O.O.O.O.O.[Br-].[Br-].[Br-].[La+3]. The first-order chi connectivity index (χ1) is 0. The molecule has 6 nitrogen and oxygen atoms in total. The largest absolute Gasteiger partial charge is 3.00 e. The standard InChI is InChI=1S/3BrH.La.6H2O/h3*1H;;6*1H2/q;;;+3;;;;;;/p-3. The van der Waals surface area contributed by atoms with Gasteiger partial charge in [-0.3, -0.25) is 0 Å². The molecule has 10 heteroatoms. The first-order valence-electron chi connectivity index (χ1n) is 0. The second-order valence-corrected chi connectivity index (χ2v) is 0. The van der Waals surface area contributed by atoms with Crippen LogP contribution in [0.1, 0.15) is 0 Å². The third kappa shape index (κ3) is 160. The van der Waals surface area contributed by atoms with Crippen molar-refractivity contribution in [1.29, 1.82) is 0 Å². The molecule has 0 fully saturated rings. The van der Waals surface area contributed by atoms with Crippen LogP contribution < -0.4 is 50.9 Å². The van der Waals surface area contributed by atoms with E-state index in [1.54, 1.807) is 0 Å². The molecular weight excluding hydrogens is 475 g/mol. The fraction of sp³-hybridized carbons (Fsp3) is 0. The van der Waals surface area contributed by atoms with Crippen LogP contribution in [-0.4, -0.2) is 32.9 Å². The fourth-order valence-electron chi connectivity index (χ4n) is 0. The molecule has 0 aliphatic rings. The van der Waals surface area contributed by atoms with Crippen molar-refractivity contribution in [3.63, 3.8) is 0 Å². The van der Waals surface area contributed by atoms with Crippen LogP contribution in [-0.2, 0) is 0 Å². The Bertz CT molecular complexity index is 13.0. The zero-order chi connectivity index (χ0) is 0. The Hall–Kier alpha value is 2.39. The van der Waals surface area contributed by atoms with E-state index in [-0.39, 0.29) is 119 Å². The van der Waals surface area contributed by atoms with Crippen LogP contribution in [0.4, 0.5) is 0 Å². The van der Waals surface area contributed by atoms with Gasteiger partial charge in [0.25, 0.3) is 0 Å². The van der Waals surface area contributed by atoms with Crippen LogP contribution in [0.3, 0.4) is 0 Å². The summed E-state index contributed by atoms with van der Waals surface area (Å²) in [6, 6.07) is 0. The summed E-state index contributed by atoms with van der Waals surface area (Å²) in [6.45, 7) is 0. The molecule has 0 rings (SSSR count). The zero-order valence-corrected chi connectivity index (χ0v) is 13.1. The van der Waals surface area contributed by atoms with E-state index in [4.69, 9.17) is 0 Å². The van der Waals surface area contributed by atoms with E-state index in [1.807, 2.05) is 0 Å². The van der Waals surface area contributed by atoms with Crippen molar-refractivity contribution >= 4 is 0 Å². The van der Waals surface area contributed by atoms with E-state index < -0.39 is 0 Å². The predicted octanol–water partition coefficient (Wildman–Crippen LogP) is -13.9. The first-order valence-corrected chi connectivity index (χ1v) is 0. The molecule has 0 amide bonds. The van der Waals surface area contributed by atoms with E-state index in [0.29, 0.717) is 0 Å². The summed E-state index contributed by atoms with van der Waals surface area (Å²) in [6.07, 6.45) is 0. The molecule has 0 heterocycles. The Labute approximate surface area is 118 Å². The van der Waals surface area contributed by atoms with Crippen molar-refractivity contribution in [3.05, 3.63) is 0 Å². The van der Waals surface area contributed by atoms with E-state index in [2.05, 4.69) is 0 Å². The summed E-state index contributed by atoms with van der Waals surface area (Å²) in [4.78, 5) is 0. The third-order valence-corrected chi connectivity index (χ3v) is 0. The Morgan fingerprint density at radius 3 is 0.300 bits per heavy atom. The van der Waals surface area contributed by atoms with Crippen LogP contribution in [0, 0.1) is 35.6 Å². The molecule has 0 aromatic carbocycles. The van der Waals surface area contributed by atoms with Gasteiger partial charge in [0.2, 0.25) is 0 Å². The van der Waals surface area contributed by atoms with Crippen molar-refractivity contribution in [2.75, 3.05) is 0 Å². The van der Waals surface area contributed by atoms with Gasteiger partial charge in [-0.1, -0.05) is 0 Å². The molecule has 0 spiro atoms. The topological polar surface area (TPSA) is 189 Å². The molecule has 0 aliphatic heterocycles. The molecule has 0 aromatic heterocycles. The maximum Gasteiger partial charge on any atom is 3.00 e. The van der Waals surface area contributed by atoms with Gasteiger partial charge in [-0.05, 0) is 0 Å². The molecule has 0 aliphatic carbocycles. The normalized spacial score (nSPS) is 0. The monoisotopic (exact) mass is 484 g/mol. The number of hydrogen-bond acceptors (Lipinski definition) is 0. The average Bonchev–Trinajstić information content (AvgIpc) is 0. The third-order valence-electron chi connectivity index (χ3n) is 0. The smallest absolute Gasteiger partial charge is 1.00 e. The summed E-state index contributed by atoms with van der Waals surface area (Å²) in [5.41, 5.74) is 0. The van der Waals surface area contributed by atoms with Crippen LogP contribution in [0.15, 0.2) is 0 Å². The molecule has 0 unspecified atom stereocenters. The van der Waals surface area contributed by atoms with Gasteiger partial charge in [0.05, 0.1) is 0 Å². The van der Waals surface area contributed by atoms with Crippen LogP contribution >= 0.6 is 0 Å². The van der Waals surface area contributed by atoms with Gasteiger partial charge in [0, 0.05) is 0 Å². The Morgan fingerprint density at radius 1 is 0.300 bits per heavy atom. The summed E-state index contributed by atoms with van der Waals surface area (Å²) < 4.78 is 0. The first kappa shape index (κ1) is 281. The number of halogens is 3. The predicted molar refractivity (Wildman–Crippen MR) is 21.7 cm³/mol. The van der Waals surface area contributed by atoms with Crippen LogP contribution in [0.2, 0.25) is 0 Å². The molecule has 0 bridgehead atoms. The van der Waals surface area contributed by atoms with Crippen LogP contribution in [0.5, 0.6) is 0 Å². The van der Waals surface area contributed by atoms with Gasteiger partial charge < -0.3 is 83.8 Å². The quantitative estimate of drug-likeness (QED) is 0.314. The van der Waals surface area contributed by atoms with Gasteiger partial charge >= 0.3 is 35.6 Å². The van der Waals surface area contributed by atoms with Crippen molar-refractivity contribution in [2.24, 2.45) is 0 Å². The van der Waals surface area contributed by atoms with Crippen molar-refractivity contribution in [1.82, 2.24) is 0 Å². The van der Waals surface area contributed by atoms with E-state index in [9.17, 15) is 0 Å². The molecule has 0 saturated carbocycles. The van der Waals surface area contributed by atoms with Crippen molar-refractivity contribution in [3.8, 4) is 0 Å². The summed E-state index contributed by atoms with van der Waals surface area (Å²) in [7, 11) is 0. The number of hydrogen-bond donors (Lipinski definition) is 0. The Morgan fingerprint density at radius 2 is 0.300 bits per heavy atom. The molecule has 0 saturated heterocycles. The molecular formula is H12Br3LaO6. The van der Waals surface area contributed by atoms with Gasteiger partial charge in [-0.2, -0.15) is 0 Å². The Kier molecular flexibility index (Phi) is 6020. The molecule has 0 atom stereocenters. The maximum atomic E-state index is 0. The van der Waals surface area contributed by atoms with Gasteiger partial charge in [-0.25, -0.2) is 0 Å². The molecule has 0 radical (unpaired) electrons. The van der Waals surface area contributed by atoms with E-state index in [0.717, 1.165) is 0 Å². The van der Waals surface area contributed by atoms with Gasteiger partial charge in [-0.15, -0.1) is 0 Å². The summed E-state index contributed by atoms with van der Waals surface area (Å²) >= 11 is 0. The van der Waals surface area contributed by atoms with Crippen molar-refractivity contribution in [2.45, 2.75) is 0 Å². The molecule has 0 aromatic rings. The second-order valence-electron chi connectivity index (χ2n) is 0. The van der Waals surface area contributed by atoms with Crippen molar-refractivity contribution < 1.29 is 119 Å². The summed E-state index contributed by atoms with van der Waals surface area (Å²) in [5, 5.41) is 0. The number of rotatable bonds is 0. The van der Waals surface area contributed by atoms with E-state index >= 15 is 0 Å². The molecule has 72 valence electrons. The van der Waals surface area contributed by atoms with Gasteiger partial charge in [0.1, 0.15) is 0 Å². The Balaban J connectivity index is 0. The van der Waals surface area contributed by atoms with E-state index in [1.165, 1.54) is 0 Å². The minimum Gasteiger partial charge on any atom is -1.00 e. The second kappa shape index (κ2) is 215. The average molecular weight is 487 g/mol. The zero-order valence-electron chi connectivity index (χ0n) is 4.71. The molecule has 12 N–H and O–H groups in total. The van der Waals surface area contributed by atoms with Gasteiger partial charge in [0.15, 0.2) is 0 Å². The fourth-order valence-corrected chi connectivity index (χ4v) is 0. The minimum absolute atomic E-state index is 0. The molecule has 10 heavy (non-hydrogen) atoms.